The van der Waals surface area contributed by atoms with Gasteiger partial charge in [0.2, 0.25) is 5.91 Å². The summed E-state index contributed by atoms with van der Waals surface area (Å²) in [5.74, 6) is 0.365. The number of hydrogen-bond acceptors (Lipinski definition) is 5. The molecule has 1 aliphatic carbocycles. The van der Waals surface area contributed by atoms with E-state index in [0.29, 0.717) is 23.0 Å². The number of nitrogen functional groups attached to an aromatic ring is 1. The van der Waals surface area contributed by atoms with Crippen LogP contribution in [0.1, 0.15) is 54.4 Å². The molecule has 2 aliphatic rings. The zero-order valence-electron chi connectivity index (χ0n) is 15.9. The second kappa shape index (κ2) is 6.78. The van der Waals surface area contributed by atoms with Crippen LogP contribution < -0.4 is 11.1 Å². The number of rotatable bonds is 3. The van der Waals surface area contributed by atoms with Crippen LogP contribution in [0.25, 0.3) is 10.2 Å². The zero-order valence-corrected chi connectivity index (χ0v) is 16.7. The number of nitrogens with zero attached hydrogens (tertiary/aromatic N) is 2. The van der Waals surface area contributed by atoms with Crippen molar-refractivity contribution in [3.8, 4) is 0 Å². The average molecular weight is 387 g/mol. The van der Waals surface area contributed by atoms with E-state index < -0.39 is 0 Å². The third-order valence-corrected chi connectivity index (χ3v) is 7.22. The van der Waals surface area contributed by atoms with Crippen molar-refractivity contribution in [2.24, 2.45) is 5.92 Å². The number of fused-ring (bicyclic) bond motifs is 1. The van der Waals surface area contributed by atoms with Gasteiger partial charge in [-0.2, -0.15) is 0 Å². The summed E-state index contributed by atoms with van der Waals surface area (Å²) in [6, 6.07) is 3.98. The first kappa shape index (κ1) is 18.2. The van der Waals surface area contributed by atoms with Gasteiger partial charge in [0.05, 0.1) is 5.69 Å². The molecule has 0 spiro atoms. The predicted molar refractivity (Wildman–Crippen MR) is 108 cm³/mol. The number of anilines is 1. The SMILES string of the molecule is CNC(=O)c1sc2nc([C@]3(C)CCCN(C(=O)C4CCC4)C3)ccc2c1N. The molecule has 0 bridgehead atoms. The van der Waals surface area contributed by atoms with Crippen LogP contribution in [0.2, 0.25) is 0 Å². The molecule has 0 aromatic carbocycles. The van der Waals surface area contributed by atoms with Crippen LogP contribution >= 0.6 is 11.3 Å². The Balaban J connectivity index is 1.63. The maximum atomic E-state index is 12.7. The monoisotopic (exact) mass is 386 g/mol. The van der Waals surface area contributed by atoms with E-state index in [1.807, 2.05) is 17.0 Å². The van der Waals surface area contributed by atoms with Gasteiger partial charge in [-0.15, -0.1) is 11.3 Å². The van der Waals surface area contributed by atoms with Gasteiger partial charge in [-0.25, -0.2) is 4.98 Å². The second-order valence-corrected chi connectivity index (χ2v) is 9.02. The Hall–Kier alpha value is -2.15. The molecular formula is C20H26N4O2S. The highest BCUT2D eigenvalue weighted by molar-refractivity contribution is 7.21. The lowest BCUT2D eigenvalue weighted by Gasteiger charge is -2.42. The largest absolute Gasteiger partial charge is 0.397 e. The van der Waals surface area contributed by atoms with Crippen molar-refractivity contribution in [1.82, 2.24) is 15.2 Å². The molecule has 3 heterocycles. The number of hydrogen-bond donors (Lipinski definition) is 2. The van der Waals surface area contributed by atoms with Gasteiger partial charge in [0.1, 0.15) is 9.71 Å². The molecule has 144 valence electrons. The third-order valence-electron chi connectivity index (χ3n) is 6.11. The Morgan fingerprint density at radius 2 is 2.11 bits per heavy atom. The molecule has 2 amide bonds. The van der Waals surface area contributed by atoms with E-state index in [2.05, 4.69) is 12.2 Å². The van der Waals surface area contributed by atoms with Crippen LogP contribution in [0.5, 0.6) is 0 Å². The maximum Gasteiger partial charge on any atom is 0.263 e. The molecule has 0 radical (unpaired) electrons. The molecule has 1 atom stereocenters. The summed E-state index contributed by atoms with van der Waals surface area (Å²) in [6.07, 6.45) is 5.24. The van der Waals surface area contributed by atoms with Crippen molar-refractivity contribution in [2.75, 3.05) is 25.9 Å². The number of aromatic nitrogens is 1. The summed E-state index contributed by atoms with van der Waals surface area (Å²) in [5, 5.41) is 3.45. The minimum Gasteiger partial charge on any atom is -0.397 e. The normalized spacial score (nSPS) is 23.3. The summed E-state index contributed by atoms with van der Waals surface area (Å²) in [6.45, 7) is 3.75. The van der Waals surface area contributed by atoms with E-state index in [-0.39, 0.29) is 17.2 Å². The molecule has 1 saturated heterocycles. The van der Waals surface area contributed by atoms with Gasteiger partial charge >= 0.3 is 0 Å². The lowest BCUT2D eigenvalue weighted by molar-refractivity contribution is -0.140. The summed E-state index contributed by atoms with van der Waals surface area (Å²) in [5.41, 5.74) is 7.45. The van der Waals surface area contributed by atoms with E-state index in [9.17, 15) is 9.59 Å². The van der Waals surface area contributed by atoms with Crippen LogP contribution in [0, 0.1) is 5.92 Å². The van der Waals surface area contributed by atoms with E-state index in [4.69, 9.17) is 10.7 Å². The van der Waals surface area contributed by atoms with Gasteiger partial charge < -0.3 is 16.0 Å². The smallest absolute Gasteiger partial charge is 0.263 e. The molecule has 2 fully saturated rings. The molecule has 7 heteroatoms. The molecule has 3 N–H and O–H groups in total. The number of carbonyl (C=O) groups excluding carboxylic acids is 2. The quantitative estimate of drug-likeness (QED) is 0.849. The Kier molecular flexibility index (Phi) is 4.58. The highest BCUT2D eigenvalue weighted by Crippen LogP contribution is 2.38. The molecular weight excluding hydrogens is 360 g/mol. The Morgan fingerprint density at radius 1 is 1.33 bits per heavy atom. The van der Waals surface area contributed by atoms with Crippen LogP contribution in [-0.4, -0.2) is 41.8 Å². The minimum absolute atomic E-state index is 0.169. The van der Waals surface area contributed by atoms with E-state index >= 15 is 0 Å². The van der Waals surface area contributed by atoms with Crippen molar-refractivity contribution in [3.05, 3.63) is 22.7 Å². The molecule has 1 aliphatic heterocycles. The fraction of sp³-hybridized carbons (Fsp3) is 0.550. The Bertz CT molecular complexity index is 905. The minimum atomic E-state index is -0.182. The molecule has 6 nitrogen and oxygen atoms in total. The lowest BCUT2D eigenvalue weighted by Crippen LogP contribution is -2.50. The predicted octanol–water partition coefficient (Wildman–Crippen LogP) is 2.92. The van der Waals surface area contributed by atoms with Crippen LogP contribution in [0.4, 0.5) is 5.69 Å². The number of nitrogens with two attached hydrogens (primary N) is 1. The second-order valence-electron chi connectivity index (χ2n) is 8.03. The number of carbonyl (C=O) groups is 2. The lowest BCUT2D eigenvalue weighted by atomic mass is 9.77. The summed E-state index contributed by atoms with van der Waals surface area (Å²) < 4.78 is 0. The van der Waals surface area contributed by atoms with E-state index in [1.54, 1.807) is 7.05 Å². The fourth-order valence-corrected chi connectivity index (χ4v) is 5.21. The van der Waals surface area contributed by atoms with Gasteiger partial charge in [0, 0.05) is 42.6 Å². The number of piperidine rings is 1. The first-order valence-corrected chi connectivity index (χ1v) is 10.4. The molecule has 0 unspecified atom stereocenters. The first-order chi connectivity index (χ1) is 12.9. The first-order valence-electron chi connectivity index (χ1n) is 9.63. The number of thiophene rings is 1. The summed E-state index contributed by atoms with van der Waals surface area (Å²) in [4.78, 5) is 32.9. The molecule has 2 aromatic heterocycles. The van der Waals surface area contributed by atoms with Gasteiger partial charge in [-0.1, -0.05) is 13.3 Å². The van der Waals surface area contributed by atoms with Crippen LogP contribution in [0.15, 0.2) is 12.1 Å². The highest BCUT2D eigenvalue weighted by Gasteiger charge is 2.39. The van der Waals surface area contributed by atoms with Gasteiger partial charge in [0.15, 0.2) is 0 Å². The fourth-order valence-electron chi connectivity index (χ4n) is 4.17. The molecule has 1 saturated carbocycles. The Morgan fingerprint density at radius 3 is 2.78 bits per heavy atom. The topological polar surface area (TPSA) is 88.3 Å². The van der Waals surface area contributed by atoms with Crippen molar-refractivity contribution in [2.45, 2.75) is 44.4 Å². The number of pyridine rings is 1. The average Bonchev–Trinajstić information content (AvgIpc) is 2.96. The van der Waals surface area contributed by atoms with Gasteiger partial charge in [-0.3, -0.25) is 9.59 Å². The van der Waals surface area contributed by atoms with Crippen LogP contribution in [0.3, 0.4) is 0 Å². The maximum absolute atomic E-state index is 12.7. The summed E-state index contributed by atoms with van der Waals surface area (Å²) >= 11 is 1.33. The van der Waals surface area contributed by atoms with Gasteiger partial charge in [0.25, 0.3) is 5.91 Å². The number of nitrogens with one attached hydrogen (secondary N) is 1. The molecule has 4 rings (SSSR count). The standard InChI is InChI=1S/C20H26N4O2S/c1-20(9-4-10-24(11-20)19(26)12-5-3-6-12)14-8-7-13-15(21)16(17(25)22-2)27-18(13)23-14/h7-8,12H,3-6,9-11,21H2,1-2H3,(H,22,25)/t20-/m1/s1. The van der Waals surface area contributed by atoms with Crippen molar-refractivity contribution >= 4 is 39.1 Å². The number of likely N-dealkylation sites (tertiary alicyclic amines) is 1. The third kappa shape index (κ3) is 3.08. The van der Waals surface area contributed by atoms with E-state index in [1.165, 1.54) is 17.8 Å². The van der Waals surface area contributed by atoms with Crippen molar-refractivity contribution in [3.63, 3.8) is 0 Å². The highest BCUT2D eigenvalue weighted by atomic mass is 32.1. The van der Waals surface area contributed by atoms with E-state index in [0.717, 1.165) is 48.1 Å². The zero-order chi connectivity index (χ0) is 19.2. The Labute approximate surface area is 163 Å². The molecule has 27 heavy (non-hydrogen) atoms. The van der Waals surface area contributed by atoms with Gasteiger partial charge in [-0.05, 0) is 37.8 Å². The number of amides is 2. The van der Waals surface area contributed by atoms with Crippen LogP contribution in [-0.2, 0) is 10.2 Å². The van der Waals surface area contributed by atoms with Crippen molar-refractivity contribution < 1.29 is 9.59 Å². The van der Waals surface area contributed by atoms with Crippen molar-refractivity contribution in [1.29, 1.82) is 0 Å². The molecule has 2 aromatic rings. The summed E-state index contributed by atoms with van der Waals surface area (Å²) in [7, 11) is 1.60.